The summed E-state index contributed by atoms with van der Waals surface area (Å²) in [5.41, 5.74) is 4.80. The van der Waals surface area contributed by atoms with Gasteiger partial charge in [0.05, 0.1) is 20.5 Å². The van der Waals surface area contributed by atoms with Crippen LogP contribution in [0.1, 0.15) is 5.56 Å². The predicted molar refractivity (Wildman–Crippen MR) is 150 cm³/mol. The molecule has 0 aliphatic heterocycles. The molecule has 0 bridgehead atoms. The van der Waals surface area contributed by atoms with E-state index < -0.39 is 10.1 Å². The van der Waals surface area contributed by atoms with E-state index in [1.54, 1.807) is 26.4 Å². The van der Waals surface area contributed by atoms with Gasteiger partial charge in [-0.3, -0.25) is 0 Å². The van der Waals surface area contributed by atoms with Crippen LogP contribution < -0.4 is 18.4 Å². The average molecular weight is 559 g/mol. The van der Waals surface area contributed by atoms with Crippen LogP contribution in [-0.2, 0) is 16.7 Å². The van der Waals surface area contributed by atoms with Gasteiger partial charge in [0, 0.05) is 16.7 Å². The number of tetrazole rings is 1. The first-order valence-electron chi connectivity index (χ1n) is 12.2. The minimum absolute atomic E-state index is 0.0681. The molecule has 1 heterocycles. The molecular weight excluding hydrogens is 532 g/mol. The Labute approximate surface area is 231 Å². The molecule has 0 radical (unpaired) electrons. The van der Waals surface area contributed by atoms with Crippen molar-refractivity contribution in [3.8, 4) is 56.6 Å². The molecule has 0 amide bonds. The van der Waals surface area contributed by atoms with Crippen molar-refractivity contribution in [2.75, 3.05) is 20.5 Å². The van der Waals surface area contributed by atoms with Gasteiger partial charge >= 0.3 is 10.1 Å². The molecule has 0 spiro atoms. The molecule has 204 valence electrons. The fraction of sp³-hybridized carbons (Fsp3) is 0.138. The highest BCUT2D eigenvalue weighted by Gasteiger charge is 2.18. The highest BCUT2D eigenvalue weighted by atomic mass is 32.2. The second kappa shape index (κ2) is 11.5. The summed E-state index contributed by atoms with van der Waals surface area (Å²) in [6.45, 7) is 0.248. The van der Waals surface area contributed by atoms with Crippen LogP contribution in [0, 0.1) is 0 Å². The van der Waals surface area contributed by atoms with Crippen molar-refractivity contribution in [2.24, 2.45) is 0 Å². The van der Waals surface area contributed by atoms with Crippen molar-refractivity contribution in [1.29, 1.82) is 0 Å². The van der Waals surface area contributed by atoms with Crippen molar-refractivity contribution in [2.45, 2.75) is 6.61 Å². The van der Waals surface area contributed by atoms with E-state index in [2.05, 4.69) is 20.6 Å². The molecule has 0 saturated carbocycles. The molecule has 1 N–H and O–H groups in total. The lowest BCUT2D eigenvalue weighted by atomic mass is 9.97. The molecule has 10 nitrogen and oxygen atoms in total. The lowest BCUT2D eigenvalue weighted by molar-refractivity contribution is 0.296. The van der Waals surface area contributed by atoms with E-state index in [1.165, 1.54) is 0 Å². The van der Waals surface area contributed by atoms with Crippen molar-refractivity contribution >= 4 is 10.1 Å². The Morgan fingerprint density at radius 3 is 1.95 bits per heavy atom. The van der Waals surface area contributed by atoms with E-state index in [4.69, 9.17) is 18.4 Å². The predicted octanol–water partition coefficient (Wildman–Crippen LogP) is 5.14. The zero-order valence-corrected chi connectivity index (χ0v) is 22.8. The lowest BCUT2D eigenvalue weighted by Crippen LogP contribution is -2.08. The monoisotopic (exact) mass is 558 g/mol. The molecule has 1 aromatic heterocycles. The van der Waals surface area contributed by atoms with Gasteiger partial charge in [-0.1, -0.05) is 60.7 Å². The number of methoxy groups -OCH3 is 2. The van der Waals surface area contributed by atoms with E-state index in [-0.39, 0.29) is 12.4 Å². The number of rotatable bonds is 10. The van der Waals surface area contributed by atoms with Gasteiger partial charge in [0.1, 0.15) is 18.1 Å². The summed E-state index contributed by atoms with van der Waals surface area (Å²) in [4.78, 5) is 0. The zero-order valence-electron chi connectivity index (χ0n) is 22.0. The molecule has 0 aliphatic rings. The molecule has 40 heavy (non-hydrogen) atoms. The Kier molecular flexibility index (Phi) is 7.65. The number of hydrogen-bond donors (Lipinski definition) is 1. The summed E-state index contributed by atoms with van der Waals surface area (Å²) in [5, 5.41) is 13.9. The van der Waals surface area contributed by atoms with Crippen LogP contribution >= 0.6 is 0 Å². The highest BCUT2D eigenvalue weighted by Crippen LogP contribution is 2.43. The fourth-order valence-electron chi connectivity index (χ4n) is 4.20. The summed E-state index contributed by atoms with van der Waals surface area (Å²) >= 11 is 0. The quantitative estimate of drug-likeness (QED) is 0.232. The summed E-state index contributed by atoms with van der Waals surface area (Å²) in [6.07, 6.45) is 0.989. The van der Waals surface area contributed by atoms with Crippen molar-refractivity contribution in [1.82, 2.24) is 20.6 Å². The molecule has 0 fully saturated rings. The minimum Gasteiger partial charge on any atom is -0.496 e. The summed E-state index contributed by atoms with van der Waals surface area (Å²) < 4.78 is 46.8. The third kappa shape index (κ3) is 6.05. The maximum atomic E-state index is 12.1. The van der Waals surface area contributed by atoms with Gasteiger partial charge in [-0.15, -0.1) is 5.10 Å². The second-order valence-electron chi connectivity index (χ2n) is 8.80. The first-order valence-corrected chi connectivity index (χ1v) is 14.0. The average Bonchev–Trinajstić information content (AvgIpc) is 3.51. The molecule has 5 rings (SSSR count). The Morgan fingerprint density at radius 1 is 0.725 bits per heavy atom. The van der Waals surface area contributed by atoms with E-state index in [9.17, 15) is 8.42 Å². The first kappa shape index (κ1) is 26.7. The van der Waals surface area contributed by atoms with Gasteiger partial charge in [-0.2, -0.15) is 8.42 Å². The summed E-state index contributed by atoms with van der Waals surface area (Å²) in [6, 6.07) is 26.0. The SMILES string of the molecule is COc1cc(-c2ccc(OCc3ccccc3)c(OS(C)(=O)=O)c2)c(OC)cc1-c1ccc(-c2nnn[nH]2)cc1. The van der Waals surface area contributed by atoms with Gasteiger partial charge < -0.3 is 18.4 Å². The number of H-pyrrole nitrogens is 1. The van der Waals surface area contributed by atoms with Gasteiger partial charge in [0.15, 0.2) is 17.3 Å². The van der Waals surface area contributed by atoms with E-state index in [0.717, 1.165) is 28.5 Å². The van der Waals surface area contributed by atoms with Crippen LogP contribution in [0.3, 0.4) is 0 Å². The van der Waals surface area contributed by atoms with Gasteiger partial charge in [0.2, 0.25) is 0 Å². The standard InChI is InChI=1S/C29H26N4O6S/c1-36-26-17-24(27(37-2)16-23(26)20-9-11-21(12-10-20)29-30-32-33-31-29)22-13-14-25(28(15-22)39-40(3,34)35)38-18-19-7-5-4-6-8-19/h4-17H,18H2,1-3H3,(H,30,31,32,33). The number of hydrogen-bond acceptors (Lipinski definition) is 9. The number of nitrogens with one attached hydrogen (secondary N) is 1. The molecule has 0 unspecified atom stereocenters. The van der Waals surface area contributed by atoms with Gasteiger partial charge in [-0.25, -0.2) is 5.10 Å². The number of aromatic amines is 1. The molecule has 0 aliphatic carbocycles. The molecule has 0 saturated heterocycles. The maximum Gasteiger partial charge on any atom is 0.306 e. The Hall–Kier alpha value is -4.90. The van der Waals surface area contributed by atoms with Gasteiger partial charge in [0.25, 0.3) is 0 Å². The molecular formula is C29H26N4O6S. The molecule has 11 heteroatoms. The first-order chi connectivity index (χ1) is 19.3. The van der Waals surface area contributed by atoms with Crippen LogP contribution in [0.15, 0.2) is 84.9 Å². The van der Waals surface area contributed by atoms with Crippen LogP contribution in [0.2, 0.25) is 0 Å². The Balaban J connectivity index is 1.51. The van der Waals surface area contributed by atoms with E-state index in [0.29, 0.717) is 34.2 Å². The molecule has 0 atom stereocenters. The topological polar surface area (TPSA) is 126 Å². The number of benzene rings is 4. The number of ether oxygens (including phenoxy) is 3. The van der Waals surface area contributed by atoms with Crippen molar-refractivity contribution in [3.63, 3.8) is 0 Å². The van der Waals surface area contributed by atoms with Crippen LogP contribution in [0.25, 0.3) is 33.6 Å². The largest absolute Gasteiger partial charge is 0.496 e. The lowest BCUT2D eigenvalue weighted by Gasteiger charge is -2.17. The smallest absolute Gasteiger partial charge is 0.306 e. The van der Waals surface area contributed by atoms with E-state index >= 15 is 0 Å². The Morgan fingerprint density at radius 2 is 1.35 bits per heavy atom. The molecule has 4 aromatic carbocycles. The van der Waals surface area contributed by atoms with Gasteiger partial charge in [-0.05, 0) is 51.4 Å². The number of aromatic nitrogens is 4. The van der Waals surface area contributed by atoms with Crippen LogP contribution in [0.5, 0.6) is 23.0 Å². The Bertz CT molecular complexity index is 1710. The molecule has 5 aromatic rings. The van der Waals surface area contributed by atoms with Crippen molar-refractivity contribution in [3.05, 3.63) is 90.5 Å². The van der Waals surface area contributed by atoms with Crippen LogP contribution in [0.4, 0.5) is 0 Å². The van der Waals surface area contributed by atoms with Crippen LogP contribution in [-0.4, -0.2) is 49.5 Å². The summed E-state index contributed by atoms with van der Waals surface area (Å²) in [7, 11) is -0.668. The third-order valence-corrected chi connectivity index (χ3v) is 6.55. The van der Waals surface area contributed by atoms with E-state index in [1.807, 2.05) is 72.8 Å². The maximum absolute atomic E-state index is 12.1. The highest BCUT2D eigenvalue weighted by molar-refractivity contribution is 7.86. The number of nitrogens with zero attached hydrogens (tertiary/aromatic N) is 3. The minimum atomic E-state index is -3.82. The summed E-state index contributed by atoms with van der Waals surface area (Å²) in [5.74, 6) is 2.08. The zero-order chi connectivity index (χ0) is 28.1. The van der Waals surface area contributed by atoms with Crippen molar-refractivity contribution < 1.29 is 26.8 Å². The normalized spacial score (nSPS) is 11.2. The fourth-order valence-corrected chi connectivity index (χ4v) is 4.65. The third-order valence-electron chi connectivity index (χ3n) is 6.07. The second-order valence-corrected chi connectivity index (χ2v) is 10.4.